The zero-order valence-corrected chi connectivity index (χ0v) is 8.86. The molecule has 1 aromatic carbocycles. The molecule has 0 bridgehead atoms. The molecule has 2 N–H and O–H groups in total. The van der Waals surface area contributed by atoms with Gasteiger partial charge < -0.3 is 5.32 Å². The highest BCUT2D eigenvalue weighted by Gasteiger charge is 2.19. The van der Waals surface area contributed by atoms with Crippen molar-refractivity contribution in [3.63, 3.8) is 0 Å². The summed E-state index contributed by atoms with van der Waals surface area (Å²) < 4.78 is 0. The van der Waals surface area contributed by atoms with Gasteiger partial charge in [0.2, 0.25) is 0 Å². The molecule has 0 amide bonds. The van der Waals surface area contributed by atoms with Crippen LogP contribution < -0.4 is 5.32 Å². The van der Waals surface area contributed by atoms with Crippen molar-refractivity contribution in [1.29, 1.82) is 0 Å². The zero-order chi connectivity index (χ0) is 13.1. The molecule has 0 atom stereocenters. The molecule has 9 heteroatoms. The van der Waals surface area contributed by atoms with Crippen molar-refractivity contribution >= 4 is 22.9 Å². The second-order valence-corrected chi connectivity index (χ2v) is 3.31. The second kappa shape index (κ2) is 4.49. The number of rotatable bonds is 4. The lowest BCUT2D eigenvalue weighted by atomic mass is 10.2. The van der Waals surface area contributed by atoms with E-state index in [1.807, 2.05) is 0 Å². The van der Waals surface area contributed by atoms with Crippen LogP contribution in [0.5, 0.6) is 0 Å². The van der Waals surface area contributed by atoms with Crippen LogP contribution in [-0.2, 0) is 0 Å². The highest BCUT2D eigenvalue weighted by atomic mass is 16.6. The van der Waals surface area contributed by atoms with Crippen LogP contribution in [0.25, 0.3) is 0 Å². The third-order valence-corrected chi connectivity index (χ3v) is 2.16. The molecule has 92 valence electrons. The maximum Gasteiger partial charge on any atom is 0.299 e. The molecule has 0 radical (unpaired) electrons. The molecule has 0 spiro atoms. The Morgan fingerprint density at radius 3 is 2.50 bits per heavy atom. The molecule has 1 heterocycles. The first-order chi connectivity index (χ1) is 8.58. The van der Waals surface area contributed by atoms with Gasteiger partial charge in [0.05, 0.1) is 22.1 Å². The van der Waals surface area contributed by atoms with Crippen LogP contribution in [0.4, 0.5) is 22.9 Å². The fourth-order valence-corrected chi connectivity index (χ4v) is 1.36. The average molecular weight is 249 g/mol. The summed E-state index contributed by atoms with van der Waals surface area (Å²) in [4.78, 5) is 20.0. The first-order valence-corrected chi connectivity index (χ1v) is 4.77. The molecule has 18 heavy (non-hydrogen) atoms. The molecule has 2 aromatic rings. The summed E-state index contributed by atoms with van der Waals surface area (Å²) in [6.45, 7) is 0. The van der Waals surface area contributed by atoms with Gasteiger partial charge in [-0.1, -0.05) is 0 Å². The highest BCUT2D eigenvalue weighted by Crippen LogP contribution is 2.30. The number of nitrogens with zero attached hydrogens (tertiary/aromatic N) is 3. The third-order valence-electron chi connectivity index (χ3n) is 2.16. The summed E-state index contributed by atoms with van der Waals surface area (Å²) in [6, 6.07) is 4.94. The fourth-order valence-electron chi connectivity index (χ4n) is 1.36. The lowest BCUT2D eigenvalue weighted by molar-refractivity contribution is -0.393. The molecular formula is C9H7N5O4. The van der Waals surface area contributed by atoms with E-state index in [1.54, 1.807) is 6.07 Å². The van der Waals surface area contributed by atoms with Crippen molar-refractivity contribution in [3.8, 4) is 0 Å². The Morgan fingerprint density at radius 2 is 1.94 bits per heavy atom. The van der Waals surface area contributed by atoms with Crippen LogP contribution in [-0.4, -0.2) is 20.0 Å². The molecule has 9 nitrogen and oxygen atoms in total. The number of benzene rings is 1. The second-order valence-electron chi connectivity index (χ2n) is 3.31. The SMILES string of the molecule is O=[N+]([O-])c1ccc(Nc2ccn[nH]2)c([N+](=O)[O-])c1. The van der Waals surface area contributed by atoms with Gasteiger partial charge in [-0.05, 0) is 6.07 Å². The van der Waals surface area contributed by atoms with Gasteiger partial charge in [-0.15, -0.1) is 0 Å². The van der Waals surface area contributed by atoms with Crippen LogP contribution in [0, 0.1) is 20.2 Å². The van der Waals surface area contributed by atoms with Gasteiger partial charge in [0.1, 0.15) is 11.5 Å². The van der Waals surface area contributed by atoms with Gasteiger partial charge in [-0.25, -0.2) is 0 Å². The Kier molecular flexibility index (Phi) is 2.87. The predicted molar refractivity (Wildman–Crippen MR) is 61.6 cm³/mol. The van der Waals surface area contributed by atoms with E-state index in [2.05, 4.69) is 15.5 Å². The lowest BCUT2D eigenvalue weighted by Gasteiger charge is -2.04. The number of nitro groups is 2. The van der Waals surface area contributed by atoms with Crippen LogP contribution in [0.1, 0.15) is 0 Å². The van der Waals surface area contributed by atoms with Crippen LogP contribution in [0.3, 0.4) is 0 Å². The summed E-state index contributed by atoms with van der Waals surface area (Å²) in [5.74, 6) is 0.451. The third kappa shape index (κ3) is 2.24. The molecule has 0 aliphatic heterocycles. The zero-order valence-electron chi connectivity index (χ0n) is 8.86. The first kappa shape index (κ1) is 11.5. The van der Waals surface area contributed by atoms with Gasteiger partial charge in [0, 0.05) is 12.1 Å². The van der Waals surface area contributed by atoms with Crippen molar-refractivity contribution < 1.29 is 9.85 Å². The molecule has 0 aliphatic rings. The minimum absolute atomic E-state index is 0.148. The number of nitro benzene ring substituents is 2. The summed E-state index contributed by atoms with van der Waals surface area (Å²) in [5.41, 5.74) is -0.564. The highest BCUT2D eigenvalue weighted by molar-refractivity contribution is 5.70. The maximum atomic E-state index is 10.8. The molecule has 1 aromatic heterocycles. The molecule has 2 rings (SSSR count). The smallest absolute Gasteiger partial charge is 0.299 e. The molecule has 0 saturated heterocycles. The largest absolute Gasteiger partial charge is 0.335 e. The van der Waals surface area contributed by atoms with Gasteiger partial charge in [0.25, 0.3) is 11.4 Å². The topological polar surface area (TPSA) is 127 Å². The molecule has 0 fully saturated rings. The number of aromatic nitrogens is 2. The van der Waals surface area contributed by atoms with Crippen LogP contribution in [0.2, 0.25) is 0 Å². The number of aromatic amines is 1. The predicted octanol–water partition coefficient (Wildman–Crippen LogP) is 1.97. The van der Waals surface area contributed by atoms with Crippen molar-refractivity contribution in [2.45, 2.75) is 0 Å². The molecule has 0 saturated carbocycles. The van der Waals surface area contributed by atoms with Crippen LogP contribution in [0.15, 0.2) is 30.5 Å². The lowest BCUT2D eigenvalue weighted by Crippen LogP contribution is -1.99. The van der Waals surface area contributed by atoms with E-state index in [1.165, 1.54) is 18.3 Å². The van der Waals surface area contributed by atoms with E-state index in [9.17, 15) is 20.2 Å². The summed E-state index contributed by atoms with van der Waals surface area (Å²) in [6.07, 6.45) is 1.47. The average Bonchev–Trinajstić information content (AvgIpc) is 2.81. The normalized spacial score (nSPS) is 10.0. The number of anilines is 2. The van der Waals surface area contributed by atoms with Crippen molar-refractivity contribution in [2.24, 2.45) is 0 Å². The van der Waals surface area contributed by atoms with E-state index < -0.39 is 9.85 Å². The van der Waals surface area contributed by atoms with E-state index in [4.69, 9.17) is 0 Å². The Hall–Kier alpha value is -2.97. The number of non-ortho nitro benzene ring substituents is 1. The standard InChI is InChI=1S/C9H7N5O4/c15-13(16)6-1-2-7(8(5-6)14(17)18)11-9-3-4-10-12-9/h1-5H,(H2,10,11,12). The Balaban J connectivity index is 2.40. The number of nitrogens with one attached hydrogen (secondary N) is 2. The monoisotopic (exact) mass is 249 g/mol. The summed E-state index contributed by atoms with van der Waals surface area (Å²) in [5, 5.41) is 30.4. The van der Waals surface area contributed by atoms with E-state index in [-0.39, 0.29) is 17.1 Å². The Labute approximate surface area is 99.7 Å². The van der Waals surface area contributed by atoms with E-state index in [0.717, 1.165) is 6.07 Å². The van der Waals surface area contributed by atoms with Crippen molar-refractivity contribution in [1.82, 2.24) is 10.2 Å². The quantitative estimate of drug-likeness (QED) is 0.629. The number of hydrogen-bond donors (Lipinski definition) is 2. The Bertz CT molecular complexity index is 595. The minimum atomic E-state index is -0.689. The molecular weight excluding hydrogens is 242 g/mol. The Morgan fingerprint density at radius 1 is 1.17 bits per heavy atom. The van der Waals surface area contributed by atoms with Gasteiger partial charge in [-0.2, -0.15) is 5.10 Å². The van der Waals surface area contributed by atoms with Crippen molar-refractivity contribution in [3.05, 3.63) is 50.7 Å². The minimum Gasteiger partial charge on any atom is -0.335 e. The van der Waals surface area contributed by atoms with E-state index in [0.29, 0.717) is 5.82 Å². The van der Waals surface area contributed by atoms with Crippen molar-refractivity contribution in [2.75, 3.05) is 5.32 Å². The summed E-state index contributed by atoms with van der Waals surface area (Å²) in [7, 11) is 0. The molecule has 0 aliphatic carbocycles. The van der Waals surface area contributed by atoms with Crippen LogP contribution >= 0.6 is 0 Å². The van der Waals surface area contributed by atoms with Gasteiger partial charge in [0.15, 0.2) is 0 Å². The van der Waals surface area contributed by atoms with Gasteiger partial charge in [-0.3, -0.25) is 25.3 Å². The van der Waals surface area contributed by atoms with E-state index >= 15 is 0 Å². The number of H-pyrrole nitrogens is 1. The fraction of sp³-hybridized carbons (Fsp3) is 0. The molecule has 0 unspecified atom stereocenters. The first-order valence-electron chi connectivity index (χ1n) is 4.77. The van der Waals surface area contributed by atoms with Gasteiger partial charge >= 0.3 is 0 Å². The number of hydrogen-bond acceptors (Lipinski definition) is 6. The summed E-state index contributed by atoms with van der Waals surface area (Å²) >= 11 is 0. The maximum absolute atomic E-state index is 10.8.